The van der Waals surface area contributed by atoms with E-state index >= 15 is 0 Å². The first-order valence-corrected chi connectivity index (χ1v) is 9.53. The van der Waals surface area contributed by atoms with Gasteiger partial charge in [0.25, 0.3) is 0 Å². The van der Waals surface area contributed by atoms with Crippen LogP contribution in [0.2, 0.25) is 0 Å². The van der Waals surface area contributed by atoms with Gasteiger partial charge in [0.2, 0.25) is 5.13 Å². The Kier molecular flexibility index (Phi) is 4.09. The number of phenols is 1. The predicted octanol–water partition coefficient (Wildman–Crippen LogP) is 4.11. The summed E-state index contributed by atoms with van der Waals surface area (Å²) in [7, 11) is -3.27. The van der Waals surface area contributed by atoms with Gasteiger partial charge in [0.1, 0.15) is 11.4 Å². The lowest BCUT2D eigenvalue weighted by molar-refractivity contribution is 0.475. The van der Waals surface area contributed by atoms with E-state index in [0.29, 0.717) is 20.2 Å². The second-order valence-corrected chi connectivity index (χ2v) is 8.25. The SMILES string of the molecule is CS(=O)(=O)c1ccc2nc(N=Nc3c(O)cccc3S)sc2c1. The number of hydrogen-bond acceptors (Lipinski definition) is 8. The number of fused-ring (bicyclic) bond motifs is 1. The molecule has 0 spiro atoms. The van der Waals surface area contributed by atoms with Crippen LogP contribution in [-0.4, -0.2) is 24.8 Å². The Balaban J connectivity index is 2.00. The van der Waals surface area contributed by atoms with E-state index in [0.717, 1.165) is 6.26 Å². The molecule has 0 saturated heterocycles. The molecule has 0 amide bonds. The number of benzene rings is 2. The van der Waals surface area contributed by atoms with Crippen molar-refractivity contribution in [3.05, 3.63) is 36.4 Å². The highest BCUT2D eigenvalue weighted by atomic mass is 32.2. The van der Waals surface area contributed by atoms with E-state index in [1.807, 2.05) is 0 Å². The molecule has 0 fully saturated rings. The molecule has 6 nitrogen and oxygen atoms in total. The van der Waals surface area contributed by atoms with Crippen molar-refractivity contribution in [2.24, 2.45) is 10.2 Å². The summed E-state index contributed by atoms with van der Waals surface area (Å²) < 4.78 is 23.8. The Morgan fingerprint density at radius 1 is 1.22 bits per heavy atom. The molecule has 0 aliphatic rings. The Bertz CT molecular complexity index is 1010. The van der Waals surface area contributed by atoms with Gasteiger partial charge in [-0.3, -0.25) is 0 Å². The van der Waals surface area contributed by atoms with Gasteiger partial charge in [-0.1, -0.05) is 17.4 Å². The highest BCUT2D eigenvalue weighted by Gasteiger charge is 2.11. The molecule has 9 heteroatoms. The van der Waals surface area contributed by atoms with E-state index < -0.39 is 9.84 Å². The molecule has 0 aliphatic carbocycles. The number of rotatable bonds is 3. The lowest BCUT2D eigenvalue weighted by Crippen LogP contribution is -1.95. The average Bonchev–Trinajstić information content (AvgIpc) is 2.87. The highest BCUT2D eigenvalue weighted by molar-refractivity contribution is 7.90. The lowest BCUT2D eigenvalue weighted by atomic mass is 10.3. The molecule has 1 aromatic heterocycles. The van der Waals surface area contributed by atoms with Crippen LogP contribution in [0.4, 0.5) is 10.8 Å². The van der Waals surface area contributed by atoms with Gasteiger partial charge in [-0.05, 0) is 30.3 Å². The third kappa shape index (κ3) is 3.36. The summed E-state index contributed by atoms with van der Waals surface area (Å²) in [6.07, 6.45) is 1.15. The summed E-state index contributed by atoms with van der Waals surface area (Å²) in [5.74, 6) is -0.0262. The van der Waals surface area contributed by atoms with Crippen molar-refractivity contribution in [1.82, 2.24) is 4.98 Å². The molecule has 0 atom stereocenters. The summed E-state index contributed by atoms with van der Waals surface area (Å²) in [6.45, 7) is 0. The Labute approximate surface area is 141 Å². The van der Waals surface area contributed by atoms with Crippen molar-refractivity contribution in [1.29, 1.82) is 0 Å². The number of azo groups is 1. The summed E-state index contributed by atoms with van der Waals surface area (Å²) >= 11 is 5.43. The Morgan fingerprint density at radius 2 is 2.00 bits per heavy atom. The van der Waals surface area contributed by atoms with Gasteiger partial charge in [0.15, 0.2) is 9.84 Å². The van der Waals surface area contributed by atoms with Gasteiger partial charge in [0.05, 0.1) is 15.1 Å². The van der Waals surface area contributed by atoms with Crippen LogP contribution in [0.5, 0.6) is 5.75 Å². The number of hydrogen-bond donors (Lipinski definition) is 2. The summed E-state index contributed by atoms with van der Waals surface area (Å²) in [5.41, 5.74) is 0.895. The van der Waals surface area contributed by atoms with Crippen LogP contribution >= 0.6 is 24.0 Å². The first-order valence-electron chi connectivity index (χ1n) is 6.38. The predicted molar refractivity (Wildman–Crippen MR) is 92.3 cm³/mol. The normalized spacial score (nSPS) is 12.3. The molecule has 23 heavy (non-hydrogen) atoms. The lowest BCUT2D eigenvalue weighted by Gasteiger charge is -1.99. The second-order valence-electron chi connectivity index (χ2n) is 4.74. The summed E-state index contributed by atoms with van der Waals surface area (Å²) in [5, 5.41) is 18.1. The van der Waals surface area contributed by atoms with E-state index in [-0.39, 0.29) is 16.3 Å². The quantitative estimate of drug-likeness (QED) is 0.540. The minimum atomic E-state index is -3.27. The van der Waals surface area contributed by atoms with Gasteiger partial charge in [-0.25, -0.2) is 13.4 Å². The van der Waals surface area contributed by atoms with Crippen molar-refractivity contribution < 1.29 is 13.5 Å². The number of aromatic hydroxyl groups is 1. The van der Waals surface area contributed by atoms with Crippen molar-refractivity contribution in [2.75, 3.05) is 6.26 Å². The molecular weight excluding hydrogens is 354 g/mol. The molecule has 118 valence electrons. The molecule has 0 bridgehead atoms. The van der Waals surface area contributed by atoms with Gasteiger partial charge in [0, 0.05) is 11.2 Å². The Hall–Kier alpha value is -1.97. The Morgan fingerprint density at radius 3 is 2.70 bits per heavy atom. The number of thiol groups is 1. The third-order valence-corrected chi connectivity index (χ3v) is 5.38. The standard InChI is InChI=1S/C14H11N3O3S3/c1-23(19,20)8-5-6-9-12(7-8)22-14(15-9)17-16-13-10(18)3-2-4-11(13)21/h2-7,18,21H,1H3. The minimum Gasteiger partial charge on any atom is -0.506 e. The topological polar surface area (TPSA) is 92.0 Å². The minimum absolute atomic E-state index is 0.0262. The zero-order valence-corrected chi connectivity index (χ0v) is 14.4. The largest absolute Gasteiger partial charge is 0.506 e. The first-order chi connectivity index (χ1) is 10.8. The van der Waals surface area contributed by atoms with Crippen LogP contribution in [0, 0.1) is 0 Å². The fraction of sp³-hybridized carbons (Fsp3) is 0.0714. The van der Waals surface area contributed by atoms with Crippen LogP contribution in [0.3, 0.4) is 0 Å². The molecule has 0 unspecified atom stereocenters. The number of sulfone groups is 1. The first kappa shape index (κ1) is 15.9. The molecule has 3 rings (SSSR count). The smallest absolute Gasteiger partial charge is 0.231 e. The molecule has 0 aliphatic heterocycles. The maximum atomic E-state index is 11.6. The molecule has 2 aromatic carbocycles. The van der Waals surface area contributed by atoms with E-state index in [2.05, 4.69) is 27.8 Å². The van der Waals surface area contributed by atoms with E-state index in [1.165, 1.54) is 23.5 Å². The zero-order chi connectivity index (χ0) is 16.6. The van der Waals surface area contributed by atoms with Crippen LogP contribution in [0.25, 0.3) is 10.2 Å². The fourth-order valence-corrected chi connectivity index (χ4v) is 3.67. The number of aromatic nitrogens is 1. The van der Waals surface area contributed by atoms with Gasteiger partial charge in [-0.2, -0.15) is 0 Å². The number of thiazole rings is 1. The van der Waals surface area contributed by atoms with Crippen LogP contribution in [0.1, 0.15) is 0 Å². The van der Waals surface area contributed by atoms with Gasteiger partial charge >= 0.3 is 0 Å². The van der Waals surface area contributed by atoms with E-state index in [9.17, 15) is 13.5 Å². The van der Waals surface area contributed by atoms with Gasteiger partial charge < -0.3 is 5.11 Å². The maximum absolute atomic E-state index is 11.6. The summed E-state index contributed by atoms with van der Waals surface area (Å²) in [6, 6.07) is 9.53. The molecule has 1 heterocycles. The van der Waals surface area contributed by atoms with Crippen LogP contribution in [-0.2, 0) is 9.84 Å². The van der Waals surface area contributed by atoms with Crippen molar-refractivity contribution in [3.63, 3.8) is 0 Å². The summed E-state index contributed by atoms with van der Waals surface area (Å²) in [4.78, 5) is 4.99. The van der Waals surface area contributed by atoms with E-state index in [4.69, 9.17) is 0 Å². The third-order valence-electron chi connectivity index (χ3n) is 3.01. The molecule has 0 saturated carbocycles. The maximum Gasteiger partial charge on any atom is 0.231 e. The molecule has 1 N–H and O–H groups in total. The van der Waals surface area contributed by atoms with Crippen molar-refractivity contribution >= 4 is 54.8 Å². The van der Waals surface area contributed by atoms with Crippen molar-refractivity contribution in [3.8, 4) is 5.75 Å². The zero-order valence-electron chi connectivity index (χ0n) is 11.8. The number of nitrogens with zero attached hydrogens (tertiary/aromatic N) is 3. The van der Waals surface area contributed by atoms with Crippen LogP contribution < -0.4 is 0 Å². The monoisotopic (exact) mass is 365 g/mol. The van der Waals surface area contributed by atoms with E-state index in [1.54, 1.807) is 24.3 Å². The number of phenolic OH excluding ortho intramolecular Hbond substituents is 1. The van der Waals surface area contributed by atoms with Crippen molar-refractivity contribution in [2.45, 2.75) is 9.79 Å². The van der Waals surface area contributed by atoms with Gasteiger partial charge in [-0.15, -0.1) is 22.9 Å². The molecular formula is C14H11N3O3S3. The molecule has 3 aromatic rings. The second kappa shape index (κ2) is 5.91. The highest BCUT2D eigenvalue weighted by Crippen LogP contribution is 2.36. The fourth-order valence-electron chi connectivity index (χ4n) is 1.88. The van der Waals surface area contributed by atoms with Crippen LogP contribution in [0.15, 0.2) is 56.4 Å². The molecule has 0 radical (unpaired) electrons. The average molecular weight is 365 g/mol.